The predicted molar refractivity (Wildman–Crippen MR) is 45.6 cm³/mol. The van der Waals surface area contributed by atoms with E-state index in [0.717, 1.165) is 0 Å². The van der Waals surface area contributed by atoms with Crippen LogP contribution in [0.1, 0.15) is 12.8 Å². The molecule has 68 valence electrons. The fourth-order valence-corrected chi connectivity index (χ4v) is 1.32. The van der Waals surface area contributed by atoms with Gasteiger partial charge >= 0.3 is 29.6 Å². The van der Waals surface area contributed by atoms with Gasteiger partial charge in [0.15, 0.2) is 0 Å². The molecule has 2 N–H and O–H groups in total. The van der Waals surface area contributed by atoms with Crippen molar-refractivity contribution in [3.8, 4) is 0 Å². The Labute approximate surface area is 101 Å². The summed E-state index contributed by atoms with van der Waals surface area (Å²) in [6.07, 6.45) is 0.860. The summed E-state index contributed by atoms with van der Waals surface area (Å²) in [5, 5.41) is 0. The first kappa shape index (κ1) is 15.7. The van der Waals surface area contributed by atoms with Gasteiger partial charge < -0.3 is 10.3 Å². The minimum absolute atomic E-state index is 0. The summed E-state index contributed by atoms with van der Waals surface area (Å²) >= 11 is 3.91. The maximum absolute atomic E-state index is 10.1. The van der Waals surface area contributed by atoms with Gasteiger partial charge in [-0.2, -0.15) is 12.6 Å². The number of rotatable bonds is 5. The molecule has 0 aromatic heterocycles. The Morgan fingerprint density at radius 2 is 2.00 bits per heavy atom. The smallest absolute Gasteiger partial charge is 0.748 e. The van der Waals surface area contributed by atoms with Crippen molar-refractivity contribution >= 4 is 22.7 Å². The molecule has 12 heavy (non-hydrogen) atoms. The van der Waals surface area contributed by atoms with Gasteiger partial charge in [0.25, 0.3) is 0 Å². The van der Waals surface area contributed by atoms with E-state index in [4.69, 9.17) is 5.73 Å². The SMILES string of the molecule is N[C@H](CS)CCCS(=O)(=O)[O-].[Na+]. The molecule has 1 atom stereocenters. The zero-order chi connectivity index (χ0) is 8.91. The van der Waals surface area contributed by atoms with Crippen LogP contribution in [-0.4, -0.2) is 30.5 Å². The van der Waals surface area contributed by atoms with Gasteiger partial charge in [-0.05, 0) is 12.8 Å². The summed E-state index contributed by atoms with van der Waals surface area (Å²) < 4.78 is 30.3. The van der Waals surface area contributed by atoms with Crippen LogP contribution in [0.25, 0.3) is 0 Å². The zero-order valence-electron chi connectivity index (χ0n) is 7.06. The summed E-state index contributed by atoms with van der Waals surface area (Å²) in [4.78, 5) is 0. The molecule has 0 heterocycles. The quantitative estimate of drug-likeness (QED) is 0.288. The molecule has 0 saturated carbocycles. The van der Waals surface area contributed by atoms with Crippen molar-refractivity contribution in [1.29, 1.82) is 0 Å². The van der Waals surface area contributed by atoms with E-state index >= 15 is 0 Å². The number of hydrogen-bond acceptors (Lipinski definition) is 5. The molecule has 0 rings (SSSR count). The largest absolute Gasteiger partial charge is 1.00 e. The molecule has 0 spiro atoms. The molecule has 0 amide bonds. The van der Waals surface area contributed by atoms with Crippen LogP contribution in [0, 0.1) is 0 Å². The summed E-state index contributed by atoms with van der Waals surface area (Å²) in [6, 6.07) is -0.111. The average molecular weight is 221 g/mol. The second-order valence-electron chi connectivity index (χ2n) is 2.35. The molecule has 0 aliphatic rings. The van der Waals surface area contributed by atoms with Gasteiger partial charge in [-0.25, -0.2) is 8.42 Å². The second kappa shape index (κ2) is 7.61. The standard InChI is InChI=1S/C5H13NO3S2.Na/c6-5(4-10)2-1-3-11(7,8)9;/h5,10H,1-4,6H2,(H,7,8,9);/q;+1/p-1/t5-;/m0./s1. The van der Waals surface area contributed by atoms with Crippen LogP contribution in [0.2, 0.25) is 0 Å². The van der Waals surface area contributed by atoms with Crippen LogP contribution in [0.15, 0.2) is 0 Å². The molecule has 0 aromatic rings. The molecule has 0 aliphatic heterocycles. The van der Waals surface area contributed by atoms with Crippen molar-refractivity contribution in [2.75, 3.05) is 11.5 Å². The monoisotopic (exact) mass is 221 g/mol. The van der Waals surface area contributed by atoms with E-state index in [1.165, 1.54) is 0 Å². The number of thiol groups is 1. The van der Waals surface area contributed by atoms with Crippen molar-refractivity contribution in [1.82, 2.24) is 0 Å². The van der Waals surface area contributed by atoms with E-state index < -0.39 is 10.1 Å². The van der Waals surface area contributed by atoms with E-state index in [1.807, 2.05) is 0 Å². The Kier molecular flexibility index (Phi) is 9.94. The molecular formula is C5H12NNaO3S2. The van der Waals surface area contributed by atoms with Gasteiger partial charge in [-0.15, -0.1) is 0 Å². The van der Waals surface area contributed by atoms with E-state index in [1.54, 1.807) is 0 Å². The fourth-order valence-electron chi connectivity index (χ4n) is 0.614. The predicted octanol–water partition coefficient (Wildman–Crippen LogP) is -3.43. The van der Waals surface area contributed by atoms with Crippen molar-refractivity contribution in [2.24, 2.45) is 5.73 Å². The molecule has 0 saturated heterocycles. The molecule has 4 nitrogen and oxygen atoms in total. The summed E-state index contributed by atoms with van der Waals surface area (Å²) in [6.45, 7) is 0. The molecule has 7 heteroatoms. The number of nitrogens with two attached hydrogens (primary N) is 1. The third-order valence-corrected chi connectivity index (χ3v) is 2.46. The van der Waals surface area contributed by atoms with Gasteiger partial charge in [0, 0.05) is 17.5 Å². The van der Waals surface area contributed by atoms with Crippen LogP contribution in [0.5, 0.6) is 0 Å². The van der Waals surface area contributed by atoms with E-state index in [9.17, 15) is 13.0 Å². The molecule has 0 aliphatic carbocycles. The van der Waals surface area contributed by atoms with E-state index in [-0.39, 0.29) is 41.4 Å². The Balaban J connectivity index is 0. The molecule has 0 unspecified atom stereocenters. The van der Waals surface area contributed by atoms with Crippen LogP contribution in [0.3, 0.4) is 0 Å². The van der Waals surface area contributed by atoms with Gasteiger partial charge in [0.05, 0.1) is 10.1 Å². The Morgan fingerprint density at radius 1 is 1.50 bits per heavy atom. The van der Waals surface area contributed by atoms with Gasteiger partial charge in [0.2, 0.25) is 0 Å². The zero-order valence-corrected chi connectivity index (χ0v) is 10.8. The molecule has 0 bridgehead atoms. The Hall–Kier alpha value is 1.22. The summed E-state index contributed by atoms with van der Waals surface area (Å²) in [5.74, 6) is 0.188. The molecule has 0 radical (unpaired) electrons. The van der Waals surface area contributed by atoms with Gasteiger partial charge in [-0.1, -0.05) is 0 Å². The summed E-state index contributed by atoms with van der Waals surface area (Å²) in [7, 11) is -4.06. The topological polar surface area (TPSA) is 83.2 Å². The minimum atomic E-state index is -4.06. The first-order valence-corrected chi connectivity index (χ1v) is 5.46. The minimum Gasteiger partial charge on any atom is -0.748 e. The number of hydrogen-bond donors (Lipinski definition) is 2. The normalized spacial score (nSPS) is 13.6. The fraction of sp³-hybridized carbons (Fsp3) is 1.00. The van der Waals surface area contributed by atoms with Crippen molar-refractivity contribution in [2.45, 2.75) is 18.9 Å². The van der Waals surface area contributed by atoms with Crippen molar-refractivity contribution in [3.63, 3.8) is 0 Å². The van der Waals surface area contributed by atoms with Crippen LogP contribution in [0.4, 0.5) is 0 Å². The Morgan fingerprint density at radius 3 is 2.33 bits per heavy atom. The van der Waals surface area contributed by atoms with Crippen LogP contribution < -0.4 is 35.3 Å². The average Bonchev–Trinajstić information content (AvgIpc) is 1.85. The molecular weight excluding hydrogens is 209 g/mol. The van der Waals surface area contributed by atoms with Crippen LogP contribution >= 0.6 is 12.6 Å². The maximum Gasteiger partial charge on any atom is 1.00 e. The first-order chi connectivity index (χ1) is 4.95. The first-order valence-electron chi connectivity index (χ1n) is 3.25. The van der Waals surface area contributed by atoms with Gasteiger partial charge in [0.1, 0.15) is 0 Å². The summed E-state index contributed by atoms with van der Waals surface area (Å²) in [5.41, 5.74) is 5.43. The third kappa shape index (κ3) is 11.2. The molecule has 0 fully saturated rings. The second-order valence-corrected chi connectivity index (χ2v) is 4.24. The van der Waals surface area contributed by atoms with Gasteiger partial charge in [-0.3, -0.25) is 0 Å². The van der Waals surface area contributed by atoms with Crippen LogP contribution in [-0.2, 0) is 10.1 Å². The maximum atomic E-state index is 10.1. The van der Waals surface area contributed by atoms with E-state index in [2.05, 4.69) is 12.6 Å². The van der Waals surface area contributed by atoms with Crippen molar-refractivity contribution < 1.29 is 42.5 Å². The van der Waals surface area contributed by atoms with E-state index in [0.29, 0.717) is 18.6 Å². The van der Waals surface area contributed by atoms with Crippen molar-refractivity contribution in [3.05, 3.63) is 0 Å². The third-order valence-electron chi connectivity index (χ3n) is 1.20. The Bertz CT molecular complexity index is 195. The molecule has 0 aromatic carbocycles.